The van der Waals surface area contributed by atoms with E-state index in [2.05, 4.69) is 53.9 Å². The molecule has 0 saturated heterocycles. The van der Waals surface area contributed by atoms with Crippen LogP contribution in [0.1, 0.15) is 25.3 Å². The summed E-state index contributed by atoms with van der Waals surface area (Å²) >= 11 is 7.06. The normalized spacial score (nSPS) is 10.3. The van der Waals surface area contributed by atoms with E-state index in [1.807, 2.05) is 6.07 Å². The van der Waals surface area contributed by atoms with Gasteiger partial charge in [-0.25, -0.2) is 0 Å². The lowest BCUT2D eigenvalue weighted by molar-refractivity contribution is 0.866. The molecule has 76 valence electrons. The Hall–Kier alpha value is -0.360. The van der Waals surface area contributed by atoms with Crippen molar-refractivity contribution < 1.29 is 0 Å². The standard InChI is InChI=1S/C10H13IN2S/c1-6(2)7-3-4-9(8(11)5-7)13-10(12)14/h3-6H,1-2H3,(H3,12,13,14). The van der Waals surface area contributed by atoms with Crippen molar-refractivity contribution in [3.8, 4) is 0 Å². The topological polar surface area (TPSA) is 38.0 Å². The van der Waals surface area contributed by atoms with Crippen LogP contribution in [0.2, 0.25) is 0 Å². The van der Waals surface area contributed by atoms with E-state index in [9.17, 15) is 0 Å². The maximum Gasteiger partial charge on any atom is 0.168 e. The molecule has 0 bridgehead atoms. The lowest BCUT2D eigenvalue weighted by Gasteiger charge is -2.10. The van der Waals surface area contributed by atoms with E-state index in [0.717, 1.165) is 9.26 Å². The van der Waals surface area contributed by atoms with Gasteiger partial charge in [0.15, 0.2) is 5.11 Å². The molecule has 0 aromatic heterocycles. The van der Waals surface area contributed by atoms with Crippen molar-refractivity contribution >= 4 is 45.6 Å². The molecule has 0 heterocycles. The fourth-order valence-electron chi connectivity index (χ4n) is 1.12. The molecule has 14 heavy (non-hydrogen) atoms. The van der Waals surface area contributed by atoms with Crippen LogP contribution in [-0.2, 0) is 0 Å². The Morgan fingerprint density at radius 3 is 2.57 bits per heavy atom. The lowest BCUT2D eigenvalue weighted by atomic mass is 10.0. The van der Waals surface area contributed by atoms with E-state index >= 15 is 0 Å². The van der Waals surface area contributed by atoms with Gasteiger partial charge in [0.25, 0.3) is 0 Å². The first-order valence-electron chi connectivity index (χ1n) is 4.36. The van der Waals surface area contributed by atoms with Crippen LogP contribution < -0.4 is 11.1 Å². The molecule has 1 aromatic rings. The highest BCUT2D eigenvalue weighted by Gasteiger charge is 2.04. The molecule has 0 saturated carbocycles. The molecule has 3 N–H and O–H groups in total. The zero-order chi connectivity index (χ0) is 10.7. The van der Waals surface area contributed by atoms with Crippen LogP contribution in [0.25, 0.3) is 0 Å². The third-order valence-corrected chi connectivity index (χ3v) is 2.91. The number of benzene rings is 1. The van der Waals surface area contributed by atoms with E-state index in [-0.39, 0.29) is 0 Å². The van der Waals surface area contributed by atoms with E-state index in [1.54, 1.807) is 0 Å². The number of nitrogens with one attached hydrogen (secondary N) is 1. The molecule has 0 aliphatic heterocycles. The summed E-state index contributed by atoms with van der Waals surface area (Å²) in [5.41, 5.74) is 7.70. The predicted molar refractivity (Wildman–Crippen MR) is 73.7 cm³/mol. The summed E-state index contributed by atoms with van der Waals surface area (Å²) in [4.78, 5) is 0. The SMILES string of the molecule is CC(C)c1ccc(NC(N)=S)c(I)c1. The van der Waals surface area contributed by atoms with Crippen molar-refractivity contribution in [2.24, 2.45) is 5.73 Å². The van der Waals surface area contributed by atoms with Gasteiger partial charge in [0, 0.05) is 3.57 Å². The first kappa shape index (κ1) is 11.7. The van der Waals surface area contributed by atoms with Gasteiger partial charge < -0.3 is 11.1 Å². The summed E-state index contributed by atoms with van der Waals surface area (Å²) in [5.74, 6) is 0.544. The number of nitrogens with two attached hydrogens (primary N) is 1. The average Bonchev–Trinajstić information content (AvgIpc) is 2.07. The number of hydrogen-bond donors (Lipinski definition) is 2. The predicted octanol–water partition coefficient (Wildman–Crippen LogP) is 3.07. The number of rotatable bonds is 2. The lowest BCUT2D eigenvalue weighted by Crippen LogP contribution is -2.19. The van der Waals surface area contributed by atoms with Crippen LogP contribution >= 0.6 is 34.8 Å². The van der Waals surface area contributed by atoms with E-state index in [1.165, 1.54) is 5.56 Å². The zero-order valence-electron chi connectivity index (χ0n) is 8.17. The second kappa shape index (κ2) is 4.93. The van der Waals surface area contributed by atoms with Crippen molar-refractivity contribution in [1.82, 2.24) is 0 Å². The third-order valence-electron chi connectivity index (χ3n) is 1.92. The highest BCUT2D eigenvalue weighted by atomic mass is 127. The fourth-order valence-corrected chi connectivity index (χ4v) is 1.91. The molecule has 0 atom stereocenters. The first-order chi connectivity index (χ1) is 6.50. The van der Waals surface area contributed by atoms with Crippen molar-refractivity contribution in [3.05, 3.63) is 27.3 Å². The van der Waals surface area contributed by atoms with Gasteiger partial charge in [-0.3, -0.25) is 0 Å². The molecular formula is C10H13IN2S. The maximum absolute atomic E-state index is 5.41. The highest BCUT2D eigenvalue weighted by Crippen LogP contribution is 2.23. The van der Waals surface area contributed by atoms with Gasteiger partial charge in [-0.15, -0.1) is 0 Å². The van der Waals surface area contributed by atoms with Gasteiger partial charge in [0.2, 0.25) is 0 Å². The van der Waals surface area contributed by atoms with Crippen molar-refractivity contribution in [2.75, 3.05) is 5.32 Å². The summed E-state index contributed by atoms with van der Waals surface area (Å²) in [6, 6.07) is 6.25. The summed E-state index contributed by atoms with van der Waals surface area (Å²) in [6.45, 7) is 4.35. The summed E-state index contributed by atoms with van der Waals surface area (Å²) in [7, 11) is 0. The minimum atomic E-state index is 0.306. The van der Waals surface area contributed by atoms with Gasteiger partial charge in [-0.05, 0) is 58.4 Å². The second-order valence-corrected chi connectivity index (χ2v) is 4.99. The molecular weight excluding hydrogens is 307 g/mol. The smallest absolute Gasteiger partial charge is 0.168 e. The monoisotopic (exact) mass is 320 g/mol. The second-order valence-electron chi connectivity index (χ2n) is 3.38. The minimum Gasteiger partial charge on any atom is -0.376 e. The van der Waals surface area contributed by atoms with E-state index < -0.39 is 0 Å². The molecule has 0 radical (unpaired) electrons. The molecule has 0 aliphatic carbocycles. The molecule has 0 amide bonds. The van der Waals surface area contributed by atoms with Gasteiger partial charge in [0.05, 0.1) is 5.69 Å². The largest absolute Gasteiger partial charge is 0.376 e. The Labute approximate surface area is 103 Å². The Morgan fingerprint density at radius 2 is 2.14 bits per heavy atom. The molecule has 0 aliphatic rings. The van der Waals surface area contributed by atoms with Crippen LogP contribution in [0.4, 0.5) is 5.69 Å². The van der Waals surface area contributed by atoms with Crippen LogP contribution in [0, 0.1) is 3.57 Å². The number of halogens is 1. The summed E-state index contributed by atoms with van der Waals surface area (Å²) in [6.07, 6.45) is 0. The van der Waals surface area contributed by atoms with Crippen LogP contribution in [0.3, 0.4) is 0 Å². The molecule has 0 fully saturated rings. The fraction of sp³-hybridized carbons (Fsp3) is 0.300. The Bertz CT molecular complexity index is 350. The molecule has 0 spiro atoms. The molecule has 0 unspecified atom stereocenters. The van der Waals surface area contributed by atoms with E-state index in [0.29, 0.717) is 11.0 Å². The van der Waals surface area contributed by atoms with Crippen molar-refractivity contribution in [2.45, 2.75) is 19.8 Å². The summed E-state index contributed by atoms with van der Waals surface area (Å²) in [5, 5.41) is 3.25. The number of thiocarbonyl (C=S) groups is 1. The zero-order valence-corrected chi connectivity index (χ0v) is 11.1. The third kappa shape index (κ3) is 3.09. The molecule has 4 heteroatoms. The highest BCUT2D eigenvalue weighted by molar-refractivity contribution is 14.1. The van der Waals surface area contributed by atoms with Gasteiger partial charge >= 0.3 is 0 Å². The van der Waals surface area contributed by atoms with Crippen molar-refractivity contribution in [3.63, 3.8) is 0 Å². The maximum atomic E-state index is 5.41. The van der Waals surface area contributed by atoms with Gasteiger partial charge in [-0.1, -0.05) is 19.9 Å². The van der Waals surface area contributed by atoms with Crippen LogP contribution in [0.5, 0.6) is 0 Å². The van der Waals surface area contributed by atoms with Gasteiger partial charge in [0.1, 0.15) is 0 Å². The number of anilines is 1. The number of hydrogen-bond acceptors (Lipinski definition) is 1. The Balaban J connectivity index is 2.95. The Morgan fingerprint density at radius 1 is 1.50 bits per heavy atom. The van der Waals surface area contributed by atoms with Crippen LogP contribution in [0.15, 0.2) is 18.2 Å². The van der Waals surface area contributed by atoms with Gasteiger partial charge in [-0.2, -0.15) is 0 Å². The average molecular weight is 320 g/mol. The molecule has 1 aromatic carbocycles. The Kier molecular flexibility index (Phi) is 4.12. The summed E-state index contributed by atoms with van der Waals surface area (Å²) < 4.78 is 1.14. The minimum absolute atomic E-state index is 0.306. The quantitative estimate of drug-likeness (QED) is 0.650. The molecule has 2 nitrogen and oxygen atoms in total. The van der Waals surface area contributed by atoms with Crippen molar-refractivity contribution in [1.29, 1.82) is 0 Å². The first-order valence-corrected chi connectivity index (χ1v) is 5.85. The van der Waals surface area contributed by atoms with E-state index in [4.69, 9.17) is 18.0 Å². The van der Waals surface area contributed by atoms with Crippen LogP contribution in [-0.4, -0.2) is 5.11 Å². The molecule has 1 rings (SSSR count).